The third kappa shape index (κ3) is 20.1. The highest BCUT2D eigenvalue weighted by molar-refractivity contribution is 5.93. The predicted octanol–water partition coefficient (Wildman–Crippen LogP) is 13.6. The number of aromatic hydroxyl groups is 3. The van der Waals surface area contributed by atoms with E-state index in [0.29, 0.717) is 77.6 Å². The van der Waals surface area contributed by atoms with Crippen LogP contribution in [0.5, 0.6) is 57.5 Å². The van der Waals surface area contributed by atoms with E-state index in [1.807, 2.05) is 79.7 Å². The number of esters is 5. The lowest BCUT2D eigenvalue weighted by Crippen LogP contribution is -2.28. The highest BCUT2D eigenvalue weighted by atomic mass is 16.7. The van der Waals surface area contributed by atoms with Gasteiger partial charge in [-0.2, -0.15) is 0 Å². The quantitative estimate of drug-likeness (QED) is 0.0248. The first-order chi connectivity index (χ1) is 37.9. The van der Waals surface area contributed by atoms with E-state index in [2.05, 4.69) is 13.8 Å². The van der Waals surface area contributed by atoms with E-state index < -0.39 is 40.0 Å². The second-order valence-electron chi connectivity index (χ2n) is 19.4. The highest BCUT2D eigenvalue weighted by Gasteiger charge is 2.29. The van der Waals surface area contributed by atoms with Crippen molar-refractivity contribution < 1.29 is 81.9 Å². The van der Waals surface area contributed by atoms with Crippen molar-refractivity contribution >= 4 is 29.8 Å². The van der Waals surface area contributed by atoms with Crippen molar-refractivity contribution in [2.45, 2.75) is 121 Å². The van der Waals surface area contributed by atoms with E-state index in [9.17, 15) is 39.3 Å². The van der Waals surface area contributed by atoms with E-state index in [4.69, 9.17) is 42.6 Å². The monoisotopic (exact) mass is 1100 g/mol. The smallest absolute Gasteiger partial charge is 0.343 e. The third-order valence-corrected chi connectivity index (χ3v) is 12.5. The molecular formula is C63H74O17. The molecule has 0 spiro atoms. The lowest BCUT2D eigenvalue weighted by molar-refractivity contribution is -0.144. The summed E-state index contributed by atoms with van der Waals surface area (Å²) in [4.78, 5) is 60.8. The van der Waals surface area contributed by atoms with Crippen molar-refractivity contribution in [3.63, 3.8) is 0 Å². The Morgan fingerprint density at radius 1 is 0.412 bits per heavy atom. The first kappa shape index (κ1) is 64.1. The molecule has 17 heteroatoms. The average molecular weight is 1100 g/mol. The van der Waals surface area contributed by atoms with Crippen LogP contribution in [0.15, 0.2) is 133 Å². The second-order valence-corrected chi connectivity index (χ2v) is 19.4. The lowest BCUT2D eigenvalue weighted by atomic mass is 9.91. The van der Waals surface area contributed by atoms with Gasteiger partial charge in [-0.1, -0.05) is 39.8 Å². The summed E-state index contributed by atoms with van der Waals surface area (Å²) in [6, 6.07) is 35.3. The second kappa shape index (κ2) is 30.7. The Morgan fingerprint density at radius 3 is 1.01 bits per heavy atom. The maximum Gasteiger partial charge on any atom is 0.343 e. The van der Waals surface area contributed by atoms with Gasteiger partial charge in [0.15, 0.2) is 29.8 Å². The molecule has 6 aromatic rings. The van der Waals surface area contributed by atoms with Crippen LogP contribution in [0.2, 0.25) is 0 Å². The zero-order valence-electron chi connectivity index (χ0n) is 47.5. The molecule has 3 N–H and O–H groups in total. The van der Waals surface area contributed by atoms with Crippen LogP contribution in [-0.2, 0) is 19.1 Å². The number of carbonyl (C=O) groups excluding carboxylic acids is 5. The van der Waals surface area contributed by atoms with Gasteiger partial charge in [0.1, 0.15) is 40.2 Å². The molecule has 80 heavy (non-hydrogen) atoms. The first-order valence-electron chi connectivity index (χ1n) is 26.3. The summed E-state index contributed by atoms with van der Waals surface area (Å²) < 4.78 is 48.3. The Kier molecular flexibility index (Phi) is 24.6. The van der Waals surface area contributed by atoms with Gasteiger partial charge in [0.2, 0.25) is 0 Å². The van der Waals surface area contributed by atoms with Crippen LogP contribution in [0.4, 0.5) is 0 Å². The Labute approximate surface area is 468 Å². The van der Waals surface area contributed by atoms with E-state index in [1.165, 1.54) is 29.8 Å². The standard InChI is InChI=1S/C23H28O6.C21H26O4.C19H20O7/c1-6-23(4,5)22(25)29-20-10-8-17(9-11-20)21(24)28-19-14-12-18(13-15-19)27-16(3)26-7-2;1-5-15(3)17-7-9-18(10-8-17)21(22)25-20-13-11-19(12-14-20)24-16(4)23-6-2;1-4-19(2,3)18(24)26-13-7-5-12(6-8-13)25-17(23)11-9-14(20)16(22)15(21)10-11/h8-16H,6-7H2,1-5H3;7-16H,5-6H2,1-4H3;5-10,20-22H,4H2,1-3H3. The number of phenolic OH excluding ortho intramolecular Hbond substituents is 3. The minimum Gasteiger partial charge on any atom is -0.504 e. The summed E-state index contributed by atoms with van der Waals surface area (Å²) in [6.45, 7) is 24.0. The van der Waals surface area contributed by atoms with Crippen molar-refractivity contribution in [2.24, 2.45) is 10.8 Å². The van der Waals surface area contributed by atoms with Crippen molar-refractivity contribution in [3.8, 4) is 57.5 Å². The van der Waals surface area contributed by atoms with E-state index >= 15 is 0 Å². The molecule has 0 saturated carbocycles. The van der Waals surface area contributed by atoms with E-state index in [1.54, 1.807) is 86.6 Å². The van der Waals surface area contributed by atoms with Crippen molar-refractivity contribution in [1.29, 1.82) is 0 Å². The molecule has 0 bridgehead atoms. The minimum atomic E-state index is -0.840. The molecule has 3 atom stereocenters. The summed E-state index contributed by atoms with van der Waals surface area (Å²) in [6.07, 6.45) is 1.70. The van der Waals surface area contributed by atoms with Crippen LogP contribution in [0, 0.1) is 10.8 Å². The molecule has 0 saturated heterocycles. The number of rotatable bonds is 22. The van der Waals surface area contributed by atoms with Gasteiger partial charge in [0.25, 0.3) is 0 Å². The summed E-state index contributed by atoms with van der Waals surface area (Å²) in [5.41, 5.74) is 0.811. The summed E-state index contributed by atoms with van der Waals surface area (Å²) in [5, 5.41) is 28.2. The molecule has 0 amide bonds. The van der Waals surface area contributed by atoms with Gasteiger partial charge < -0.3 is 58.0 Å². The molecular weight excluding hydrogens is 1030 g/mol. The molecule has 17 nitrogen and oxygen atoms in total. The number of carbonyl (C=O) groups is 5. The van der Waals surface area contributed by atoms with Crippen LogP contribution >= 0.6 is 0 Å². The number of hydrogen-bond donors (Lipinski definition) is 3. The van der Waals surface area contributed by atoms with Gasteiger partial charge in [-0.3, -0.25) is 9.59 Å². The van der Waals surface area contributed by atoms with Gasteiger partial charge >= 0.3 is 29.8 Å². The van der Waals surface area contributed by atoms with Gasteiger partial charge in [0, 0.05) is 13.2 Å². The first-order valence-corrected chi connectivity index (χ1v) is 26.3. The largest absolute Gasteiger partial charge is 0.504 e. The number of hydrogen-bond acceptors (Lipinski definition) is 17. The molecule has 3 unspecified atom stereocenters. The number of ether oxygens (including phenoxy) is 9. The van der Waals surface area contributed by atoms with Gasteiger partial charge in [-0.15, -0.1) is 0 Å². The van der Waals surface area contributed by atoms with Gasteiger partial charge in [0.05, 0.1) is 27.5 Å². The minimum absolute atomic E-state index is 0.141. The molecule has 6 rings (SSSR count). The fourth-order valence-corrected chi connectivity index (χ4v) is 6.51. The van der Waals surface area contributed by atoms with Crippen molar-refractivity contribution in [3.05, 3.63) is 156 Å². The van der Waals surface area contributed by atoms with Crippen molar-refractivity contribution in [2.75, 3.05) is 13.2 Å². The molecule has 0 aromatic heterocycles. The molecule has 0 radical (unpaired) electrons. The SMILES string of the molecule is CCC(C)(C)C(=O)Oc1ccc(OC(=O)c2cc(O)c(O)c(O)c2)cc1.CCOC(C)Oc1ccc(OC(=O)c2ccc(C(C)CC)cc2)cc1.CCOC(C)Oc1ccc(OC(=O)c2ccc(OC(=O)C(C)(C)CC)cc2)cc1. The average Bonchev–Trinajstić information content (AvgIpc) is 3.44. The van der Waals surface area contributed by atoms with Crippen molar-refractivity contribution in [1.82, 2.24) is 0 Å². The number of phenols is 3. The highest BCUT2D eigenvalue weighted by Crippen LogP contribution is 2.36. The van der Waals surface area contributed by atoms with Crippen LogP contribution in [-0.4, -0.2) is 71.0 Å². The van der Waals surface area contributed by atoms with Crippen LogP contribution in [0.25, 0.3) is 0 Å². The maximum atomic E-state index is 12.3. The Hall–Kier alpha value is -8.41. The molecule has 6 aromatic carbocycles. The Morgan fingerprint density at radius 2 is 0.700 bits per heavy atom. The summed E-state index contributed by atoms with van der Waals surface area (Å²) in [5.74, 6) is -0.867. The normalized spacial score (nSPS) is 12.1. The molecule has 0 fully saturated rings. The van der Waals surface area contributed by atoms with Gasteiger partial charge in [-0.05, 0) is 207 Å². The Bertz CT molecular complexity index is 2910. The van der Waals surface area contributed by atoms with Crippen LogP contribution in [0.1, 0.15) is 145 Å². The molecule has 0 aliphatic heterocycles. The molecule has 0 aliphatic carbocycles. The topological polar surface area (TPSA) is 229 Å². The number of benzene rings is 6. The summed E-state index contributed by atoms with van der Waals surface area (Å²) in [7, 11) is 0. The van der Waals surface area contributed by atoms with E-state index in [-0.39, 0.29) is 41.8 Å². The molecule has 0 heterocycles. The molecule has 428 valence electrons. The molecule has 0 aliphatic rings. The van der Waals surface area contributed by atoms with Crippen LogP contribution in [0.3, 0.4) is 0 Å². The zero-order chi connectivity index (χ0) is 59.2. The Balaban J connectivity index is 0.000000259. The predicted molar refractivity (Wildman–Crippen MR) is 300 cm³/mol. The van der Waals surface area contributed by atoms with E-state index in [0.717, 1.165) is 18.6 Å². The summed E-state index contributed by atoms with van der Waals surface area (Å²) >= 11 is 0. The van der Waals surface area contributed by atoms with Crippen LogP contribution < -0.4 is 33.2 Å². The fraction of sp³-hybridized carbons (Fsp3) is 0.349. The lowest BCUT2D eigenvalue weighted by Gasteiger charge is -2.20. The van der Waals surface area contributed by atoms with Gasteiger partial charge in [-0.25, -0.2) is 14.4 Å². The maximum absolute atomic E-state index is 12.3. The third-order valence-electron chi connectivity index (χ3n) is 12.5. The zero-order valence-corrected chi connectivity index (χ0v) is 47.5. The fourth-order valence-electron chi connectivity index (χ4n) is 6.51.